The number of nitrogens with one attached hydrogen (secondary N) is 1. The normalized spacial score (nSPS) is 27.2. The molecule has 2 aliphatic rings. The molecule has 1 N–H and O–H groups in total. The van der Waals surface area contributed by atoms with Gasteiger partial charge in [-0.2, -0.15) is 0 Å². The fourth-order valence-corrected chi connectivity index (χ4v) is 2.83. The van der Waals surface area contributed by atoms with Crippen LogP contribution in [0.25, 0.3) is 0 Å². The minimum atomic E-state index is -0.0776. The second-order valence-corrected chi connectivity index (χ2v) is 5.39. The smallest absolute Gasteiger partial charge is 0.232 e. The van der Waals surface area contributed by atoms with Crippen molar-refractivity contribution in [2.45, 2.75) is 6.04 Å². The van der Waals surface area contributed by atoms with E-state index in [0.29, 0.717) is 13.2 Å². The third-order valence-corrected chi connectivity index (χ3v) is 3.98. The van der Waals surface area contributed by atoms with Gasteiger partial charge in [-0.3, -0.25) is 4.79 Å². The van der Waals surface area contributed by atoms with Crippen LogP contribution >= 0.6 is 15.9 Å². The number of hydrogen-bond acceptors (Lipinski definition) is 3. The highest BCUT2D eigenvalue weighted by atomic mass is 79.9. The van der Waals surface area contributed by atoms with Crippen molar-refractivity contribution in [3.63, 3.8) is 0 Å². The minimum absolute atomic E-state index is 0.0559. The van der Waals surface area contributed by atoms with E-state index in [9.17, 15) is 4.79 Å². The fourth-order valence-electron chi connectivity index (χ4n) is 2.48. The van der Waals surface area contributed by atoms with Crippen LogP contribution in [-0.4, -0.2) is 32.2 Å². The van der Waals surface area contributed by atoms with Gasteiger partial charge in [0.1, 0.15) is 0 Å². The Hall–Kier alpha value is -1.07. The van der Waals surface area contributed by atoms with Gasteiger partial charge in [0.25, 0.3) is 0 Å². The molecular weight excluding hydrogens is 284 g/mol. The van der Waals surface area contributed by atoms with E-state index < -0.39 is 0 Å². The summed E-state index contributed by atoms with van der Waals surface area (Å²) in [5.74, 6) is -0.0217. The Bertz CT molecular complexity index is 478. The zero-order valence-corrected chi connectivity index (χ0v) is 11.0. The van der Waals surface area contributed by atoms with Gasteiger partial charge in [0.2, 0.25) is 5.91 Å². The van der Waals surface area contributed by atoms with Crippen LogP contribution in [0.5, 0.6) is 0 Å². The number of carbonyl (C=O) groups is 1. The number of carbonyl (C=O) groups excluding carboxylic acids is 1. The molecular formula is C12H13BrN2O2. The molecule has 0 aliphatic carbocycles. The van der Waals surface area contributed by atoms with Gasteiger partial charge in [-0.15, -0.1) is 0 Å². The Morgan fingerprint density at radius 2 is 2.29 bits per heavy atom. The summed E-state index contributed by atoms with van der Waals surface area (Å²) in [6, 6.07) is 6.02. The topological polar surface area (TPSA) is 41.6 Å². The molecule has 0 aromatic heterocycles. The largest absolute Gasteiger partial charge is 0.378 e. The van der Waals surface area contributed by atoms with Crippen molar-refractivity contribution in [1.82, 2.24) is 0 Å². The van der Waals surface area contributed by atoms with E-state index in [2.05, 4.69) is 26.1 Å². The van der Waals surface area contributed by atoms with Gasteiger partial charge in [0, 0.05) is 11.5 Å². The Kier molecular flexibility index (Phi) is 2.60. The summed E-state index contributed by atoms with van der Waals surface area (Å²) in [6.45, 7) is 1.12. The Morgan fingerprint density at radius 3 is 3.12 bits per heavy atom. The van der Waals surface area contributed by atoms with Gasteiger partial charge in [0.05, 0.1) is 36.5 Å². The van der Waals surface area contributed by atoms with E-state index in [1.165, 1.54) is 0 Å². The molecule has 1 saturated heterocycles. The lowest BCUT2D eigenvalue weighted by Crippen LogP contribution is -2.40. The van der Waals surface area contributed by atoms with Gasteiger partial charge < -0.3 is 15.0 Å². The lowest BCUT2D eigenvalue weighted by atomic mass is 10.0. The van der Waals surface area contributed by atoms with E-state index in [1.54, 1.807) is 0 Å². The molecule has 2 unspecified atom stereocenters. The van der Waals surface area contributed by atoms with Crippen LogP contribution in [0, 0.1) is 5.92 Å². The third kappa shape index (κ3) is 1.73. The van der Waals surface area contributed by atoms with Crippen molar-refractivity contribution in [2.24, 2.45) is 5.92 Å². The van der Waals surface area contributed by atoms with Crippen molar-refractivity contribution in [1.29, 1.82) is 0 Å². The maximum atomic E-state index is 12.1. The molecule has 0 saturated carbocycles. The fraction of sp³-hybridized carbons (Fsp3) is 0.417. The highest BCUT2D eigenvalue weighted by molar-refractivity contribution is 9.10. The maximum Gasteiger partial charge on any atom is 0.232 e. The van der Waals surface area contributed by atoms with Gasteiger partial charge in [-0.05, 0) is 18.2 Å². The number of fused-ring (bicyclic) bond motifs is 2. The molecule has 17 heavy (non-hydrogen) atoms. The molecule has 1 aromatic carbocycles. The van der Waals surface area contributed by atoms with Crippen LogP contribution in [-0.2, 0) is 9.53 Å². The molecule has 0 bridgehead atoms. The zero-order chi connectivity index (χ0) is 12.0. The monoisotopic (exact) mass is 296 g/mol. The van der Waals surface area contributed by atoms with Crippen LogP contribution in [0.3, 0.4) is 0 Å². The third-order valence-electron chi connectivity index (χ3n) is 3.48. The second-order valence-electron chi connectivity index (χ2n) is 4.47. The van der Waals surface area contributed by atoms with Crippen molar-refractivity contribution >= 4 is 33.2 Å². The molecule has 3 rings (SSSR count). The standard InChI is InChI=1S/C12H13BrN2O2/c1-15-10-4-7(13)2-3-9(10)14-12(16)8-5-17-6-11(8)15/h2-4,8,11H,5-6H2,1H3,(H,14,16). The van der Waals surface area contributed by atoms with Crippen molar-refractivity contribution < 1.29 is 9.53 Å². The first-order valence-electron chi connectivity index (χ1n) is 5.58. The number of benzene rings is 1. The second kappa shape index (κ2) is 3.99. The number of amides is 1. The number of likely N-dealkylation sites (N-methyl/N-ethyl adjacent to an activating group) is 1. The molecule has 0 spiro atoms. The molecule has 4 nitrogen and oxygen atoms in total. The Balaban J connectivity index is 2.09. The average molecular weight is 297 g/mol. The number of nitrogens with zero attached hydrogens (tertiary/aromatic N) is 1. The van der Waals surface area contributed by atoms with Gasteiger partial charge >= 0.3 is 0 Å². The predicted molar refractivity (Wildman–Crippen MR) is 69.3 cm³/mol. The molecule has 5 heteroatoms. The average Bonchev–Trinajstić information content (AvgIpc) is 2.76. The first-order chi connectivity index (χ1) is 8.16. The molecule has 1 aromatic rings. The molecule has 2 atom stereocenters. The van der Waals surface area contributed by atoms with Crippen LogP contribution in [0.4, 0.5) is 11.4 Å². The molecule has 2 heterocycles. The SMILES string of the molecule is CN1c2cc(Br)ccc2NC(=O)C2COCC21. The summed E-state index contributed by atoms with van der Waals surface area (Å²) in [7, 11) is 2.01. The van der Waals surface area contributed by atoms with Gasteiger partial charge in [0.15, 0.2) is 0 Å². The number of anilines is 2. The Labute approximate surface area is 108 Å². The van der Waals surface area contributed by atoms with Crippen LogP contribution in [0.2, 0.25) is 0 Å². The van der Waals surface area contributed by atoms with Gasteiger partial charge in [-0.25, -0.2) is 0 Å². The first-order valence-corrected chi connectivity index (χ1v) is 6.37. The van der Waals surface area contributed by atoms with E-state index >= 15 is 0 Å². The maximum absolute atomic E-state index is 12.1. The van der Waals surface area contributed by atoms with Crippen molar-refractivity contribution in [2.75, 3.05) is 30.5 Å². The summed E-state index contributed by atoms with van der Waals surface area (Å²) in [5.41, 5.74) is 1.90. The first kappa shape index (κ1) is 11.0. The molecule has 1 fully saturated rings. The summed E-state index contributed by atoms with van der Waals surface area (Å²) in [5, 5.41) is 2.97. The molecule has 90 valence electrons. The van der Waals surface area contributed by atoms with Crippen LogP contribution in [0.15, 0.2) is 22.7 Å². The van der Waals surface area contributed by atoms with Crippen LogP contribution in [0.1, 0.15) is 0 Å². The summed E-state index contributed by atoms with van der Waals surface area (Å²) >= 11 is 3.46. The quantitative estimate of drug-likeness (QED) is 0.794. The highest BCUT2D eigenvalue weighted by Crippen LogP contribution is 2.36. The molecule has 2 aliphatic heterocycles. The number of rotatable bonds is 0. The zero-order valence-electron chi connectivity index (χ0n) is 9.44. The van der Waals surface area contributed by atoms with Gasteiger partial charge in [-0.1, -0.05) is 15.9 Å². The molecule has 1 amide bonds. The van der Waals surface area contributed by atoms with E-state index in [1.807, 2.05) is 25.2 Å². The Morgan fingerprint density at radius 1 is 1.47 bits per heavy atom. The number of hydrogen-bond donors (Lipinski definition) is 1. The predicted octanol–water partition coefficient (Wildman–Crippen LogP) is 1.85. The molecule has 0 radical (unpaired) electrons. The van der Waals surface area contributed by atoms with Crippen molar-refractivity contribution in [3.8, 4) is 0 Å². The number of ether oxygens (including phenoxy) is 1. The summed E-state index contributed by atoms with van der Waals surface area (Å²) in [6.07, 6.45) is 0. The highest BCUT2D eigenvalue weighted by Gasteiger charge is 2.39. The van der Waals surface area contributed by atoms with E-state index in [4.69, 9.17) is 4.74 Å². The lowest BCUT2D eigenvalue weighted by molar-refractivity contribution is -0.120. The summed E-state index contributed by atoms with van der Waals surface area (Å²) in [4.78, 5) is 14.2. The van der Waals surface area contributed by atoms with Crippen LogP contribution < -0.4 is 10.2 Å². The van der Waals surface area contributed by atoms with E-state index in [-0.39, 0.29) is 17.9 Å². The lowest BCUT2D eigenvalue weighted by Gasteiger charge is -2.27. The minimum Gasteiger partial charge on any atom is -0.378 e. The number of halogens is 1. The van der Waals surface area contributed by atoms with E-state index in [0.717, 1.165) is 15.8 Å². The summed E-state index contributed by atoms with van der Waals surface area (Å²) < 4.78 is 6.43. The van der Waals surface area contributed by atoms with Crippen molar-refractivity contribution in [3.05, 3.63) is 22.7 Å².